The van der Waals surface area contributed by atoms with E-state index in [4.69, 9.17) is 0 Å². The molecule has 0 aromatic carbocycles. The zero-order valence-electron chi connectivity index (χ0n) is 9.99. The quantitative estimate of drug-likeness (QED) is 0.507. The van der Waals surface area contributed by atoms with Crippen molar-refractivity contribution >= 4 is 5.91 Å². The Hall–Kier alpha value is -0.650. The van der Waals surface area contributed by atoms with Gasteiger partial charge in [0.15, 0.2) is 0 Å². The summed E-state index contributed by atoms with van der Waals surface area (Å²) in [6.07, 6.45) is 1.45. The first kappa shape index (κ1) is 13.4. The molecule has 0 bridgehead atoms. The van der Waals surface area contributed by atoms with Crippen LogP contribution in [0.25, 0.3) is 0 Å². The Morgan fingerprint density at radius 3 is 2.81 bits per heavy atom. The van der Waals surface area contributed by atoms with E-state index in [9.17, 15) is 15.0 Å². The van der Waals surface area contributed by atoms with Crippen LogP contribution in [0.3, 0.4) is 0 Å². The van der Waals surface area contributed by atoms with Crippen molar-refractivity contribution in [1.82, 2.24) is 10.6 Å². The lowest BCUT2D eigenvalue weighted by atomic mass is 9.99. The minimum absolute atomic E-state index is 0.0135. The molecule has 0 radical (unpaired) electrons. The summed E-state index contributed by atoms with van der Waals surface area (Å²) in [5, 5.41) is 24.9. The molecule has 1 aliphatic heterocycles. The summed E-state index contributed by atoms with van der Waals surface area (Å²) in [6.45, 7) is 4.39. The topological polar surface area (TPSA) is 81.6 Å². The highest BCUT2D eigenvalue weighted by Crippen LogP contribution is 2.11. The number of rotatable bonds is 5. The van der Waals surface area contributed by atoms with Crippen molar-refractivity contribution in [2.75, 3.05) is 13.1 Å². The molecule has 1 heterocycles. The molecule has 1 rings (SSSR count). The number of amides is 1. The van der Waals surface area contributed by atoms with Crippen molar-refractivity contribution in [3.05, 3.63) is 0 Å². The van der Waals surface area contributed by atoms with Crippen molar-refractivity contribution in [1.29, 1.82) is 0 Å². The molecule has 0 saturated carbocycles. The number of aliphatic hydroxyl groups excluding tert-OH is 1. The molecule has 0 spiro atoms. The monoisotopic (exact) mass is 230 g/mol. The summed E-state index contributed by atoms with van der Waals surface area (Å²) in [5.41, 5.74) is -1.11. The molecular formula is C11H22N2O3. The number of hydrogen-bond donors (Lipinski definition) is 4. The van der Waals surface area contributed by atoms with Gasteiger partial charge in [-0.1, -0.05) is 0 Å². The van der Waals surface area contributed by atoms with Gasteiger partial charge in [0.05, 0.1) is 17.7 Å². The van der Waals surface area contributed by atoms with E-state index in [1.165, 1.54) is 0 Å². The van der Waals surface area contributed by atoms with Gasteiger partial charge in [-0.3, -0.25) is 4.79 Å². The van der Waals surface area contributed by atoms with Crippen molar-refractivity contribution in [2.45, 2.75) is 50.9 Å². The minimum Gasteiger partial charge on any atom is -0.390 e. The highest BCUT2D eigenvalue weighted by Gasteiger charge is 2.25. The molecule has 4 N–H and O–H groups in total. The SMILES string of the molecule is CC(C)(O)[C@@H](O)CCNC(=O)C1CCCN1. The molecule has 1 saturated heterocycles. The van der Waals surface area contributed by atoms with Gasteiger partial charge in [0.1, 0.15) is 0 Å². The summed E-state index contributed by atoms with van der Waals surface area (Å²) < 4.78 is 0. The van der Waals surface area contributed by atoms with E-state index >= 15 is 0 Å². The number of hydrogen-bond acceptors (Lipinski definition) is 4. The fraction of sp³-hybridized carbons (Fsp3) is 0.909. The summed E-state index contributed by atoms with van der Waals surface area (Å²) in [7, 11) is 0. The van der Waals surface area contributed by atoms with Gasteiger partial charge in [0, 0.05) is 6.54 Å². The smallest absolute Gasteiger partial charge is 0.237 e. The van der Waals surface area contributed by atoms with Crippen LogP contribution in [0.1, 0.15) is 33.1 Å². The largest absolute Gasteiger partial charge is 0.390 e. The second kappa shape index (κ2) is 5.61. The van der Waals surface area contributed by atoms with Gasteiger partial charge in [-0.05, 0) is 39.7 Å². The van der Waals surface area contributed by atoms with Crippen molar-refractivity contribution in [3.8, 4) is 0 Å². The van der Waals surface area contributed by atoms with E-state index in [2.05, 4.69) is 10.6 Å². The van der Waals surface area contributed by atoms with Crippen molar-refractivity contribution < 1.29 is 15.0 Å². The maximum absolute atomic E-state index is 11.6. The molecule has 1 amide bonds. The Kier molecular flexibility index (Phi) is 4.70. The molecule has 94 valence electrons. The molecular weight excluding hydrogens is 208 g/mol. The lowest BCUT2D eigenvalue weighted by Crippen LogP contribution is -2.43. The molecule has 0 aliphatic carbocycles. The maximum Gasteiger partial charge on any atom is 0.237 e. The predicted molar refractivity (Wildman–Crippen MR) is 61.0 cm³/mol. The van der Waals surface area contributed by atoms with Crippen LogP contribution in [0.5, 0.6) is 0 Å². The van der Waals surface area contributed by atoms with Gasteiger partial charge in [0.25, 0.3) is 0 Å². The average Bonchev–Trinajstić information content (AvgIpc) is 2.68. The van der Waals surface area contributed by atoms with Crippen LogP contribution in [-0.4, -0.2) is 47.0 Å². The summed E-state index contributed by atoms with van der Waals surface area (Å²) in [4.78, 5) is 11.6. The van der Waals surface area contributed by atoms with Crippen molar-refractivity contribution in [2.24, 2.45) is 0 Å². The van der Waals surface area contributed by atoms with E-state index in [0.29, 0.717) is 13.0 Å². The van der Waals surface area contributed by atoms with Gasteiger partial charge >= 0.3 is 0 Å². The molecule has 1 fully saturated rings. The number of carbonyl (C=O) groups excluding carboxylic acids is 1. The molecule has 16 heavy (non-hydrogen) atoms. The Morgan fingerprint density at radius 1 is 1.62 bits per heavy atom. The second-order valence-corrected chi connectivity index (χ2v) is 4.90. The van der Waals surface area contributed by atoms with E-state index in [0.717, 1.165) is 19.4 Å². The van der Waals surface area contributed by atoms with E-state index in [1.54, 1.807) is 13.8 Å². The Labute approximate surface area is 96.2 Å². The number of nitrogens with one attached hydrogen (secondary N) is 2. The second-order valence-electron chi connectivity index (χ2n) is 4.90. The Balaban J connectivity index is 2.17. The minimum atomic E-state index is -1.11. The van der Waals surface area contributed by atoms with Crippen LogP contribution in [-0.2, 0) is 4.79 Å². The van der Waals surface area contributed by atoms with Gasteiger partial charge in [-0.15, -0.1) is 0 Å². The fourth-order valence-corrected chi connectivity index (χ4v) is 1.72. The Bertz CT molecular complexity index is 232. The van der Waals surface area contributed by atoms with Crippen molar-refractivity contribution in [3.63, 3.8) is 0 Å². The summed E-state index contributed by atoms with van der Waals surface area (Å²) >= 11 is 0. The molecule has 0 aromatic rings. The number of carbonyl (C=O) groups is 1. The molecule has 1 unspecified atom stereocenters. The van der Waals surface area contributed by atoms with Gasteiger partial charge < -0.3 is 20.8 Å². The average molecular weight is 230 g/mol. The van der Waals surface area contributed by atoms with Crippen LogP contribution < -0.4 is 10.6 Å². The van der Waals surface area contributed by atoms with Gasteiger partial charge in [-0.2, -0.15) is 0 Å². The normalized spacial score (nSPS) is 23.1. The Morgan fingerprint density at radius 2 is 2.31 bits per heavy atom. The summed E-state index contributed by atoms with van der Waals surface area (Å²) in [5.74, 6) is -0.0135. The standard InChI is InChI=1S/C11H22N2O3/c1-11(2,16)9(14)5-7-13-10(15)8-4-3-6-12-8/h8-9,12,14,16H,3-7H2,1-2H3,(H,13,15)/t8?,9-/m0/s1. The van der Waals surface area contributed by atoms with E-state index < -0.39 is 11.7 Å². The highest BCUT2D eigenvalue weighted by atomic mass is 16.3. The van der Waals surface area contributed by atoms with Crippen LogP contribution in [0, 0.1) is 0 Å². The predicted octanol–water partition coefficient (Wildman–Crippen LogP) is -0.623. The lowest BCUT2D eigenvalue weighted by Gasteiger charge is -2.24. The highest BCUT2D eigenvalue weighted by molar-refractivity contribution is 5.81. The van der Waals surface area contributed by atoms with Crippen LogP contribution in [0.4, 0.5) is 0 Å². The zero-order valence-corrected chi connectivity index (χ0v) is 9.99. The first-order valence-electron chi connectivity index (χ1n) is 5.83. The van der Waals surface area contributed by atoms with Crippen LogP contribution in [0.2, 0.25) is 0 Å². The van der Waals surface area contributed by atoms with Gasteiger partial charge in [-0.25, -0.2) is 0 Å². The molecule has 2 atom stereocenters. The third-order valence-corrected chi connectivity index (χ3v) is 2.91. The molecule has 5 heteroatoms. The fourth-order valence-electron chi connectivity index (χ4n) is 1.72. The third-order valence-electron chi connectivity index (χ3n) is 2.91. The molecule has 5 nitrogen and oxygen atoms in total. The van der Waals surface area contributed by atoms with Crippen LogP contribution in [0.15, 0.2) is 0 Å². The van der Waals surface area contributed by atoms with Gasteiger partial charge in [0.2, 0.25) is 5.91 Å². The lowest BCUT2D eigenvalue weighted by molar-refractivity contribution is -0.123. The molecule has 1 aliphatic rings. The zero-order chi connectivity index (χ0) is 12.2. The maximum atomic E-state index is 11.6. The first-order chi connectivity index (χ1) is 7.41. The first-order valence-corrected chi connectivity index (χ1v) is 5.83. The number of aliphatic hydroxyl groups is 2. The third kappa shape index (κ3) is 4.08. The summed E-state index contributed by atoms with van der Waals surface area (Å²) in [6, 6.07) is -0.0840. The van der Waals surface area contributed by atoms with Crippen LogP contribution >= 0.6 is 0 Å². The van der Waals surface area contributed by atoms with E-state index in [1.807, 2.05) is 0 Å². The van der Waals surface area contributed by atoms with E-state index in [-0.39, 0.29) is 11.9 Å². The molecule has 0 aromatic heterocycles.